The fraction of sp³-hybridized carbons (Fsp3) is 0.500. The Morgan fingerprint density at radius 1 is 1.38 bits per heavy atom. The molecule has 1 unspecified atom stereocenters. The van der Waals surface area contributed by atoms with E-state index in [1.807, 2.05) is 0 Å². The highest BCUT2D eigenvalue weighted by atomic mass is 127. The first-order valence-electron chi connectivity index (χ1n) is 5.34. The molecule has 0 aliphatic heterocycles. The predicted molar refractivity (Wildman–Crippen MR) is 73.4 cm³/mol. The van der Waals surface area contributed by atoms with Gasteiger partial charge in [0.1, 0.15) is 0 Å². The van der Waals surface area contributed by atoms with Crippen molar-refractivity contribution in [2.24, 2.45) is 0 Å². The van der Waals surface area contributed by atoms with Crippen molar-refractivity contribution in [2.45, 2.75) is 19.0 Å². The van der Waals surface area contributed by atoms with Crippen LogP contribution < -0.4 is 5.32 Å². The van der Waals surface area contributed by atoms with Crippen LogP contribution in [0.2, 0.25) is 0 Å². The molecule has 0 aliphatic carbocycles. The molecule has 0 amide bonds. The largest absolute Gasteiger partial charge is 0.396 e. The molecule has 0 bridgehead atoms. The smallest absolute Gasteiger partial charge is 0.0616 e. The second-order valence-electron chi connectivity index (χ2n) is 3.67. The lowest BCUT2D eigenvalue weighted by Gasteiger charge is -2.16. The van der Waals surface area contributed by atoms with Gasteiger partial charge in [0.2, 0.25) is 0 Å². The second kappa shape index (κ2) is 8.00. The van der Waals surface area contributed by atoms with Crippen LogP contribution in [0.1, 0.15) is 12.0 Å². The number of rotatable bonds is 7. The molecule has 0 radical (unpaired) electrons. The van der Waals surface area contributed by atoms with Crippen LogP contribution in [-0.2, 0) is 11.3 Å². The van der Waals surface area contributed by atoms with Gasteiger partial charge < -0.3 is 15.2 Å². The average Bonchev–Trinajstić information content (AvgIpc) is 2.29. The first-order chi connectivity index (χ1) is 7.76. The minimum Gasteiger partial charge on any atom is -0.396 e. The maximum absolute atomic E-state index is 8.90. The summed E-state index contributed by atoms with van der Waals surface area (Å²) in [7, 11) is 1.68. The van der Waals surface area contributed by atoms with Gasteiger partial charge >= 0.3 is 0 Å². The maximum atomic E-state index is 8.90. The molecule has 3 nitrogen and oxygen atoms in total. The third-order valence-corrected chi connectivity index (χ3v) is 3.07. The quantitative estimate of drug-likeness (QED) is 0.747. The standard InChI is InChI=1S/C12H18INO2/c1-16-9-12(6-7-15)14-8-10-2-4-11(13)5-3-10/h2-5,12,14-15H,6-9H2,1H3. The van der Waals surface area contributed by atoms with E-state index in [-0.39, 0.29) is 12.6 Å². The van der Waals surface area contributed by atoms with Crippen molar-refractivity contribution in [3.05, 3.63) is 33.4 Å². The Kier molecular flexibility index (Phi) is 6.95. The van der Waals surface area contributed by atoms with Crippen molar-refractivity contribution >= 4 is 22.6 Å². The Bertz CT molecular complexity index is 284. The van der Waals surface area contributed by atoms with Crippen LogP contribution in [0.4, 0.5) is 0 Å². The number of ether oxygens (including phenoxy) is 1. The minimum atomic E-state index is 0.188. The zero-order chi connectivity index (χ0) is 11.8. The summed E-state index contributed by atoms with van der Waals surface area (Å²) in [6.45, 7) is 1.63. The van der Waals surface area contributed by atoms with E-state index in [4.69, 9.17) is 9.84 Å². The van der Waals surface area contributed by atoms with Gasteiger partial charge in [0.05, 0.1) is 6.61 Å². The van der Waals surface area contributed by atoms with Gasteiger partial charge in [0, 0.05) is 29.9 Å². The molecule has 90 valence electrons. The van der Waals surface area contributed by atoms with Crippen molar-refractivity contribution < 1.29 is 9.84 Å². The summed E-state index contributed by atoms with van der Waals surface area (Å²) in [6, 6.07) is 8.62. The van der Waals surface area contributed by atoms with Gasteiger partial charge in [-0.05, 0) is 46.7 Å². The third kappa shape index (κ3) is 5.25. The number of methoxy groups -OCH3 is 1. The highest BCUT2D eigenvalue weighted by Gasteiger charge is 2.06. The lowest BCUT2D eigenvalue weighted by Crippen LogP contribution is -2.33. The summed E-state index contributed by atoms with van der Waals surface area (Å²) in [5.74, 6) is 0. The molecule has 1 atom stereocenters. The van der Waals surface area contributed by atoms with Crippen LogP contribution in [-0.4, -0.2) is 31.5 Å². The SMILES string of the molecule is COCC(CCO)NCc1ccc(I)cc1. The molecule has 1 aromatic carbocycles. The number of hydrogen-bond acceptors (Lipinski definition) is 3. The summed E-state index contributed by atoms with van der Waals surface area (Å²) in [4.78, 5) is 0. The topological polar surface area (TPSA) is 41.5 Å². The summed E-state index contributed by atoms with van der Waals surface area (Å²) in [5, 5.41) is 12.3. The molecular weight excluding hydrogens is 317 g/mol. The Hall–Kier alpha value is -0.170. The van der Waals surface area contributed by atoms with E-state index in [9.17, 15) is 0 Å². The summed E-state index contributed by atoms with van der Waals surface area (Å²) in [6.07, 6.45) is 0.720. The Labute approximate surface area is 110 Å². The van der Waals surface area contributed by atoms with Gasteiger partial charge in [-0.3, -0.25) is 0 Å². The maximum Gasteiger partial charge on any atom is 0.0616 e. The number of nitrogens with one attached hydrogen (secondary N) is 1. The molecule has 1 aromatic rings. The molecule has 1 rings (SSSR count). The van der Waals surface area contributed by atoms with Crippen molar-refractivity contribution in [3.63, 3.8) is 0 Å². The predicted octanol–water partition coefficient (Wildman–Crippen LogP) is 1.78. The van der Waals surface area contributed by atoms with Crippen LogP contribution in [0.5, 0.6) is 0 Å². The Balaban J connectivity index is 2.38. The lowest BCUT2D eigenvalue weighted by molar-refractivity contribution is 0.148. The summed E-state index contributed by atoms with van der Waals surface area (Å²) < 4.78 is 6.33. The van der Waals surface area contributed by atoms with Crippen molar-refractivity contribution in [1.29, 1.82) is 0 Å². The highest BCUT2D eigenvalue weighted by Crippen LogP contribution is 2.07. The molecule has 0 fully saturated rings. The highest BCUT2D eigenvalue weighted by molar-refractivity contribution is 14.1. The number of hydrogen-bond donors (Lipinski definition) is 2. The number of aliphatic hydroxyl groups excluding tert-OH is 1. The minimum absolute atomic E-state index is 0.188. The molecule has 0 spiro atoms. The molecule has 16 heavy (non-hydrogen) atoms. The molecule has 2 N–H and O–H groups in total. The summed E-state index contributed by atoms with van der Waals surface area (Å²) in [5.41, 5.74) is 1.25. The zero-order valence-electron chi connectivity index (χ0n) is 9.45. The molecule has 4 heteroatoms. The molecule has 0 saturated carbocycles. The van der Waals surface area contributed by atoms with Gasteiger partial charge in [0.15, 0.2) is 0 Å². The average molecular weight is 335 g/mol. The van der Waals surface area contributed by atoms with E-state index >= 15 is 0 Å². The van der Waals surface area contributed by atoms with Crippen LogP contribution >= 0.6 is 22.6 Å². The van der Waals surface area contributed by atoms with Crippen molar-refractivity contribution in [1.82, 2.24) is 5.32 Å². The normalized spacial score (nSPS) is 12.7. The Morgan fingerprint density at radius 2 is 2.06 bits per heavy atom. The van der Waals surface area contributed by atoms with Crippen LogP contribution in [0.3, 0.4) is 0 Å². The van der Waals surface area contributed by atoms with E-state index in [1.165, 1.54) is 9.13 Å². The fourth-order valence-electron chi connectivity index (χ4n) is 1.47. The van der Waals surface area contributed by atoms with E-state index in [0.717, 1.165) is 13.0 Å². The van der Waals surface area contributed by atoms with Crippen molar-refractivity contribution in [2.75, 3.05) is 20.3 Å². The van der Waals surface area contributed by atoms with Gasteiger partial charge in [-0.2, -0.15) is 0 Å². The first kappa shape index (κ1) is 13.9. The molecule has 0 aromatic heterocycles. The van der Waals surface area contributed by atoms with Gasteiger partial charge in [-0.25, -0.2) is 0 Å². The van der Waals surface area contributed by atoms with Crippen LogP contribution in [0.25, 0.3) is 0 Å². The molecule has 0 aliphatic rings. The zero-order valence-corrected chi connectivity index (χ0v) is 11.6. The van der Waals surface area contributed by atoms with Crippen molar-refractivity contribution in [3.8, 4) is 0 Å². The van der Waals surface area contributed by atoms with Crippen LogP contribution in [0, 0.1) is 3.57 Å². The molecule has 0 saturated heterocycles. The molecular formula is C12H18INO2. The van der Waals surface area contributed by atoms with Crippen LogP contribution in [0.15, 0.2) is 24.3 Å². The van der Waals surface area contributed by atoms with E-state index in [2.05, 4.69) is 52.2 Å². The van der Waals surface area contributed by atoms with E-state index in [1.54, 1.807) is 7.11 Å². The van der Waals surface area contributed by atoms with E-state index < -0.39 is 0 Å². The number of benzene rings is 1. The van der Waals surface area contributed by atoms with Gasteiger partial charge in [-0.15, -0.1) is 0 Å². The third-order valence-electron chi connectivity index (χ3n) is 2.35. The van der Waals surface area contributed by atoms with Gasteiger partial charge in [0.25, 0.3) is 0 Å². The monoisotopic (exact) mass is 335 g/mol. The lowest BCUT2D eigenvalue weighted by atomic mass is 10.2. The summed E-state index contributed by atoms with van der Waals surface area (Å²) >= 11 is 2.29. The van der Waals surface area contributed by atoms with E-state index in [0.29, 0.717) is 6.61 Å². The number of aliphatic hydroxyl groups is 1. The Morgan fingerprint density at radius 3 is 2.62 bits per heavy atom. The number of halogens is 1. The molecule has 0 heterocycles. The first-order valence-corrected chi connectivity index (χ1v) is 6.41. The fourth-order valence-corrected chi connectivity index (χ4v) is 1.83. The van der Waals surface area contributed by atoms with Gasteiger partial charge in [-0.1, -0.05) is 12.1 Å². The second-order valence-corrected chi connectivity index (χ2v) is 4.92.